The van der Waals surface area contributed by atoms with Crippen LogP contribution < -0.4 is 0 Å². The normalized spacial score (nSPS) is 6.25. The molecule has 0 saturated heterocycles. The zero-order valence-corrected chi connectivity index (χ0v) is 3.12. The predicted molar refractivity (Wildman–Crippen MR) is 15.6 cm³/mol. The molecule has 0 aromatic carbocycles. The molecule has 2 heteroatoms. The van der Waals surface area contributed by atoms with Crippen LogP contribution in [0.25, 0.3) is 0 Å². The molecule has 0 spiro atoms. The largest absolute Gasteiger partial charge is 0.302 e. The van der Waals surface area contributed by atoms with Crippen LogP contribution in [-0.2, 0) is 5.11 Å². The van der Waals surface area contributed by atoms with E-state index in [9.17, 15) is 5.11 Å². The summed E-state index contributed by atoms with van der Waals surface area (Å²) in [7, 11) is 2.56. The number of hydrogen-bond acceptors (Lipinski definition) is 0. The Balaban J connectivity index is 2.80. The SMILES string of the molecule is C=C([O])[Si]. The van der Waals surface area contributed by atoms with Gasteiger partial charge >= 0.3 is 0 Å². The Hall–Kier alpha value is -0.243. The van der Waals surface area contributed by atoms with E-state index in [2.05, 4.69) is 16.8 Å². The summed E-state index contributed by atoms with van der Waals surface area (Å²) in [6.45, 7) is 2.91. The second kappa shape index (κ2) is 1.12. The molecular formula is C2H2OSi. The average molecular weight is 70.1 g/mol. The molecule has 0 N–H and O–H groups in total. The Morgan fingerprint density at radius 2 is 2.00 bits per heavy atom. The van der Waals surface area contributed by atoms with Gasteiger partial charge in [0.2, 0.25) is 0 Å². The fourth-order valence-electron chi connectivity index (χ4n) is 0. The van der Waals surface area contributed by atoms with Crippen molar-refractivity contribution in [2.75, 3.05) is 0 Å². The molecule has 0 aliphatic heterocycles. The minimum absolute atomic E-state index is 0.278. The fraction of sp³-hybridized carbons (Fsp3) is 0. The molecule has 20 valence electrons. The van der Waals surface area contributed by atoms with E-state index >= 15 is 0 Å². The molecule has 0 aliphatic carbocycles. The highest BCUT2D eigenvalue weighted by molar-refractivity contribution is 6.19. The lowest BCUT2D eigenvalue weighted by atomic mass is 11.2. The van der Waals surface area contributed by atoms with Crippen LogP contribution in [0.15, 0.2) is 12.0 Å². The first-order chi connectivity index (χ1) is 1.73. The van der Waals surface area contributed by atoms with Crippen LogP contribution in [-0.4, -0.2) is 10.2 Å². The predicted octanol–water partition coefficient (Wildman–Crippen LogP) is 0.0566. The molecule has 0 heterocycles. The molecule has 0 fully saturated rings. The molecule has 0 rings (SSSR count). The highest BCUT2D eigenvalue weighted by Gasteiger charge is 1.61. The van der Waals surface area contributed by atoms with Gasteiger partial charge in [-0.05, 0) is 0 Å². The molecule has 0 unspecified atom stereocenters. The van der Waals surface area contributed by atoms with E-state index in [0.29, 0.717) is 0 Å². The lowest BCUT2D eigenvalue weighted by Gasteiger charge is -1.58. The second-order valence-electron chi connectivity index (χ2n) is 0.423. The van der Waals surface area contributed by atoms with Crippen molar-refractivity contribution in [3.63, 3.8) is 0 Å². The van der Waals surface area contributed by atoms with Crippen LogP contribution in [0.5, 0.6) is 0 Å². The average Bonchev–Trinajstić information content (AvgIpc) is 0.811. The third-order valence-electron chi connectivity index (χ3n) is 0. The summed E-state index contributed by atoms with van der Waals surface area (Å²) in [6, 6.07) is 0. The van der Waals surface area contributed by atoms with Gasteiger partial charge < -0.3 is 5.11 Å². The second-order valence-corrected chi connectivity index (χ2v) is 0.981. The van der Waals surface area contributed by atoms with Gasteiger partial charge in [-0.1, -0.05) is 6.58 Å². The first-order valence-electron chi connectivity index (χ1n) is 0.808. The van der Waals surface area contributed by atoms with E-state index in [4.69, 9.17) is 0 Å². The molecule has 0 aromatic heterocycles. The van der Waals surface area contributed by atoms with Crippen LogP contribution in [0.2, 0.25) is 0 Å². The number of rotatable bonds is 0. The van der Waals surface area contributed by atoms with Crippen LogP contribution in [0.3, 0.4) is 0 Å². The monoisotopic (exact) mass is 70.0 g/mol. The molecular weight excluding hydrogens is 68.1 g/mol. The number of hydrogen-bond donors (Lipinski definition) is 0. The van der Waals surface area contributed by atoms with E-state index in [1.807, 2.05) is 0 Å². The highest BCUT2D eigenvalue weighted by atomic mass is 28.1. The molecule has 0 bridgehead atoms. The van der Waals surface area contributed by atoms with Gasteiger partial charge in [-0.15, -0.1) is 0 Å². The molecule has 1 nitrogen and oxygen atoms in total. The molecule has 0 aliphatic rings. The van der Waals surface area contributed by atoms with Gasteiger partial charge in [-0.3, -0.25) is 0 Å². The van der Waals surface area contributed by atoms with E-state index < -0.39 is 0 Å². The lowest BCUT2D eigenvalue weighted by Crippen LogP contribution is -1.61. The minimum Gasteiger partial charge on any atom is -0.302 e. The van der Waals surface area contributed by atoms with Crippen molar-refractivity contribution < 1.29 is 5.11 Å². The fourth-order valence-corrected chi connectivity index (χ4v) is 0. The quantitative estimate of drug-likeness (QED) is 0.283. The summed E-state index contributed by atoms with van der Waals surface area (Å²) in [5, 5.41) is 8.97. The highest BCUT2D eigenvalue weighted by Crippen LogP contribution is 1.59. The van der Waals surface area contributed by atoms with Crippen LogP contribution >= 0.6 is 0 Å². The Morgan fingerprint density at radius 1 is 2.00 bits per heavy atom. The van der Waals surface area contributed by atoms with Crippen molar-refractivity contribution in [3.05, 3.63) is 12.0 Å². The van der Waals surface area contributed by atoms with Gasteiger partial charge in [0.25, 0.3) is 0 Å². The Kier molecular flexibility index (Phi) is 1.05. The zero-order valence-electron chi connectivity index (χ0n) is 2.12. The standard InChI is InChI=1S/C2H2OSi/c1-2(3)4/h1H2. The van der Waals surface area contributed by atoms with E-state index in [0.717, 1.165) is 0 Å². The Labute approximate surface area is 28.4 Å². The summed E-state index contributed by atoms with van der Waals surface area (Å²) in [4.78, 5) is 0. The molecule has 0 atom stereocenters. The third-order valence-corrected chi connectivity index (χ3v) is 0. The zero-order chi connectivity index (χ0) is 3.58. The van der Waals surface area contributed by atoms with Gasteiger partial charge in [0.1, 0.15) is 15.6 Å². The third kappa shape index (κ3) is 17.0. The topological polar surface area (TPSA) is 19.9 Å². The van der Waals surface area contributed by atoms with Crippen molar-refractivity contribution >= 4 is 10.2 Å². The summed E-state index contributed by atoms with van der Waals surface area (Å²) in [5.74, 6) is 0. The summed E-state index contributed by atoms with van der Waals surface area (Å²) >= 11 is 0. The van der Waals surface area contributed by atoms with Crippen molar-refractivity contribution in [1.29, 1.82) is 0 Å². The lowest BCUT2D eigenvalue weighted by molar-refractivity contribution is 0.334. The summed E-state index contributed by atoms with van der Waals surface area (Å²) in [6.07, 6.45) is 0. The summed E-state index contributed by atoms with van der Waals surface area (Å²) < 4.78 is 0. The van der Waals surface area contributed by atoms with E-state index in [1.54, 1.807) is 0 Å². The van der Waals surface area contributed by atoms with Crippen molar-refractivity contribution in [3.8, 4) is 0 Å². The maximum atomic E-state index is 9.25. The Morgan fingerprint density at radius 3 is 2.00 bits per heavy atom. The van der Waals surface area contributed by atoms with Gasteiger partial charge in [-0.2, -0.15) is 0 Å². The minimum atomic E-state index is -0.278. The molecule has 0 aromatic rings. The molecule has 4 heavy (non-hydrogen) atoms. The van der Waals surface area contributed by atoms with Gasteiger partial charge in [0.05, 0.1) is 0 Å². The van der Waals surface area contributed by atoms with Crippen molar-refractivity contribution in [2.24, 2.45) is 0 Å². The molecule has 4 radical (unpaired) electrons. The van der Waals surface area contributed by atoms with E-state index in [-0.39, 0.29) is 5.38 Å². The first kappa shape index (κ1) is 3.76. The summed E-state index contributed by atoms with van der Waals surface area (Å²) in [5.41, 5.74) is 0. The van der Waals surface area contributed by atoms with Crippen LogP contribution in [0, 0.1) is 0 Å². The molecule has 0 amide bonds. The van der Waals surface area contributed by atoms with Gasteiger partial charge in [0.15, 0.2) is 0 Å². The maximum absolute atomic E-state index is 9.25. The van der Waals surface area contributed by atoms with Crippen LogP contribution in [0.4, 0.5) is 0 Å². The van der Waals surface area contributed by atoms with Crippen molar-refractivity contribution in [1.82, 2.24) is 0 Å². The van der Waals surface area contributed by atoms with E-state index in [1.165, 1.54) is 0 Å². The van der Waals surface area contributed by atoms with Crippen LogP contribution in [0.1, 0.15) is 0 Å². The van der Waals surface area contributed by atoms with Gasteiger partial charge in [-0.25, -0.2) is 0 Å². The molecule has 0 saturated carbocycles. The maximum Gasteiger partial charge on any atom is 0.132 e. The first-order valence-corrected chi connectivity index (χ1v) is 1.31. The Bertz CT molecular complexity index is 29.0. The van der Waals surface area contributed by atoms with Gasteiger partial charge in [0, 0.05) is 0 Å². The van der Waals surface area contributed by atoms with Crippen molar-refractivity contribution in [2.45, 2.75) is 0 Å². The smallest absolute Gasteiger partial charge is 0.132 e.